The van der Waals surface area contributed by atoms with Gasteiger partial charge in [-0.05, 0) is 11.6 Å². The van der Waals surface area contributed by atoms with Gasteiger partial charge in [0, 0.05) is 24.6 Å². The summed E-state index contributed by atoms with van der Waals surface area (Å²) in [5, 5.41) is 0. The van der Waals surface area contributed by atoms with E-state index in [9.17, 15) is 9.59 Å². The molecule has 3 heteroatoms. The van der Waals surface area contributed by atoms with Gasteiger partial charge in [0.15, 0.2) is 0 Å². The van der Waals surface area contributed by atoms with Crippen LogP contribution in [0.2, 0.25) is 0 Å². The van der Waals surface area contributed by atoms with Crippen molar-refractivity contribution in [3.05, 3.63) is 35.4 Å². The third-order valence-corrected chi connectivity index (χ3v) is 2.64. The zero-order valence-electron chi connectivity index (χ0n) is 8.64. The molecule has 1 atom stereocenters. The molecule has 2 rings (SSSR count). The number of nitrogens with zero attached hydrogens (tertiary/aromatic N) is 1. The lowest BCUT2D eigenvalue weighted by atomic mass is 10.1. The number of benzene rings is 1. The summed E-state index contributed by atoms with van der Waals surface area (Å²) in [5.41, 5.74) is 1.83. The molecule has 0 aromatic heterocycles. The molecule has 1 aromatic carbocycles. The fraction of sp³-hybridized carbons (Fsp3) is 0.333. The average molecular weight is 203 g/mol. The Labute approximate surface area is 88.7 Å². The summed E-state index contributed by atoms with van der Waals surface area (Å²) in [6.45, 7) is 2.97. The number of carbonyl (C=O) groups excluding carboxylic acids is 2. The first-order chi connectivity index (χ1) is 7.22. The Balaban J connectivity index is 2.16. The van der Waals surface area contributed by atoms with E-state index in [0.717, 1.165) is 17.4 Å². The van der Waals surface area contributed by atoms with Gasteiger partial charge in [-0.2, -0.15) is 0 Å². The Hall–Kier alpha value is -1.64. The second kappa shape index (κ2) is 3.85. The van der Waals surface area contributed by atoms with Gasteiger partial charge in [-0.1, -0.05) is 25.1 Å². The van der Waals surface area contributed by atoms with Gasteiger partial charge in [0.25, 0.3) is 5.91 Å². The number of hydrogen-bond donors (Lipinski definition) is 0. The van der Waals surface area contributed by atoms with Crippen molar-refractivity contribution in [1.29, 1.82) is 0 Å². The third-order valence-electron chi connectivity index (χ3n) is 2.64. The quantitative estimate of drug-likeness (QED) is 0.698. The van der Waals surface area contributed by atoms with Crippen LogP contribution < -0.4 is 0 Å². The standard InChI is InChI=1S/C12H13NO2/c1-9(8-14)6-13-7-10-4-2-3-5-11(10)12(13)15/h2-5,8-9H,6-7H2,1H3. The van der Waals surface area contributed by atoms with Gasteiger partial charge in [-0.25, -0.2) is 0 Å². The second-order valence-corrected chi connectivity index (χ2v) is 3.96. The van der Waals surface area contributed by atoms with E-state index in [-0.39, 0.29) is 11.8 Å². The molecule has 1 aliphatic heterocycles. The van der Waals surface area contributed by atoms with Gasteiger partial charge >= 0.3 is 0 Å². The number of aldehydes is 1. The van der Waals surface area contributed by atoms with Crippen LogP contribution in [0.3, 0.4) is 0 Å². The maximum Gasteiger partial charge on any atom is 0.254 e. The lowest BCUT2D eigenvalue weighted by Gasteiger charge is -2.16. The predicted octanol–water partition coefficient (Wildman–Crippen LogP) is 1.48. The predicted molar refractivity (Wildman–Crippen MR) is 56.4 cm³/mol. The molecule has 15 heavy (non-hydrogen) atoms. The van der Waals surface area contributed by atoms with Crippen molar-refractivity contribution in [2.75, 3.05) is 6.54 Å². The lowest BCUT2D eigenvalue weighted by molar-refractivity contribution is -0.111. The highest BCUT2D eigenvalue weighted by Crippen LogP contribution is 2.22. The normalized spacial score (nSPS) is 16.3. The molecule has 78 valence electrons. The van der Waals surface area contributed by atoms with E-state index >= 15 is 0 Å². The van der Waals surface area contributed by atoms with E-state index in [1.54, 1.807) is 4.90 Å². The zero-order chi connectivity index (χ0) is 10.8. The molecular formula is C12H13NO2. The molecule has 0 bridgehead atoms. The molecule has 0 saturated heterocycles. The number of fused-ring (bicyclic) bond motifs is 1. The van der Waals surface area contributed by atoms with Crippen molar-refractivity contribution >= 4 is 12.2 Å². The van der Waals surface area contributed by atoms with E-state index in [1.165, 1.54) is 0 Å². The molecule has 0 fully saturated rings. The molecule has 1 unspecified atom stereocenters. The largest absolute Gasteiger partial charge is 0.334 e. The minimum Gasteiger partial charge on any atom is -0.334 e. The minimum absolute atomic E-state index is 0.0410. The molecule has 1 heterocycles. The van der Waals surface area contributed by atoms with Crippen molar-refractivity contribution in [3.8, 4) is 0 Å². The Morgan fingerprint density at radius 2 is 2.20 bits per heavy atom. The summed E-state index contributed by atoms with van der Waals surface area (Å²) in [7, 11) is 0. The zero-order valence-corrected chi connectivity index (χ0v) is 8.64. The summed E-state index contributed by atoms with van der Waals surface area (Å²) >= 11 is 0. The lowest BCUT2D eigenvalue weighted by Crippen LogP contribution is -2.29. The molecule has 0 saturated carbocycles. The number of hydrogen-bond acceptors (Lipinski definition) is 2. The van der Waals surface area contributed by atoms with Crippen LogP contribution in [-0.2, 0) is 11.3 Å². The van der Waals surface area contributed by atoms with Crippen LogP contribution in [0.4, 0.5) is 0 Å². The Kier molecular flexibility index (Phi) is 2.54. The summed E-state index contributed by atoms with van der Waals surface area (Å²) in [5.74, 6) is -0.0532. The molecule has 1 aliphatic rings. The van der Waals surface area contributed by atoms with Gasteiger partial charge in [-0.3, -0.25) is 4.79 Å². The van der Waals surface area contributed by atoms with Gasteiger partial charge < -0.3 is 9.69 Å². The smallest absolute Gasteiger partial charge is 0.254 e. The summed E-state index contributed by atoms with van der Waals surface area (Å²) < 4.78 is 0. The first kappa shape index (κ1) is 9.90. The Morgan fingerprint density at radius 3 is 2.87 bits per heavy atom. The highest BCUT2D eigenvalue weighted by molar-refractivity contribution is 5.98. The van der Waals surface area contributed by atoms with Gasteiger partial charge in [0.1, 0.15) is 6.29 Å². The monoisotopic (exact) mass is 203 g/mol. The van der Waals surface area contributed by atoms with Crippen LogP contribution in [0.25, 0.3) is 0 Å². The molecule has 0 spiro atoms. The molecule has 0 aliphatic carbocycles. The maximum absolute atomic E-state index is 11.9. The number of carbonyl (C=O) groups is 2. The van der Waals surface area contributed by atoms with Crippen molar-refractivity contribution in [1.82, 2.24) is 4.90 Å². The first-order valence-electron chi connectivity index (χ1n) is 5.05. The molecule has 3 nitrogen and oxygen atoms in total. The Bertz CT molecular complexity index is 400. The van der Waals surface area contributed by atoms with Crippen LogP contribution >= 0.6 is 0 Å². The van der Waals surface area contributed by atoms with E-state index in [2.05, 4.69) is 0 Å². The first-order valence-corrected chi connectivity index (χ1v) is 5.05. The van der Waals surface area contributed by atoms with Gasteiger partial charge in [-0.15, -0.1) is 0 Å². The molecular weight excluding hydrogens is 190 g/mol. The van der Waals surface area contributed by atoms with E-state index in [4.69, 9.17) is 0 Å². The third kappa shape index (κ3) is 1.77. The molecule has 1 aromatic rings. The second-order valence-electron chi connectivity index (χ2n) is 3.96. The van der Waals surface area contributed by atoms with Crippen molar-refractivity contribution < 1.29 is 9.59 Å². The molecule has 0 radical (unpaired) electrons. The van der Waals surface area contributed by atoms with Crippen LogP contribution in [0.5, 0.6) is 0 Å². The van der Waals surface area contributed by atoms with E-state index in [0.29, 0.717) is 13.1 Å². The van der Waals surface area contributed by atoms with Crippen LogP contribution in [0.15, 0.2) is 24.3 Å². The summed E-state index contributed by atoms with van der Waals surface area (Å²) in [6.07, 6.45) is 0.885. The van der Waals surface area contributed by atoms with E-state index < -0.39 is 0 Å². The molecule has 0 N–H and O–H groups in total. The topological polar surface area (TPSA) is 37.4 Å². The molecule has 1 amide bonds. The fourth-order valence-electron chi connectivity index (χ4n) is 1.85. The number of amides is 1. The van der Waals surface area contributed by atoms with E-state index in [1.807, 2.05) is 31.2 Å². The van der Waals surface area contributed by atoms with Crippen molar-refractivity contribution in [3.63, 3.8) is 0 Å². The van der Waals surface area contributed by atoms with Gasteiger partial charge in [0.05, 0.1) is 0 Å². The minimum atomic E-state index is -0.0942. The SMILES string of the molecule is CC(C=O)CN1Cc2ccccc2C1=O. The average Bonchev–Trinajstić information content (AvgIpc) is 2.57. The highest BCUT2D eigenvalue weighted by atomic mass is 16.2. The van der Waals surface area contributed by atoms with Crippen LogP contribution in [0.1, 0.15) is 22.8 Å². The van der Waals surface area contributed by atoms with Crippen molar-refractivity contribution in [2.24, 2.45) is 5.92 Å². The van der Waals surface area contributed by atoms with Crippen LogP contribution in [0, 0.1) is 5.92 Å². The summed E-state index contributed by atoms with van der Waals surface area (Å²) in [4.78, 5) is 24.1. The van der Waals surface area contributed by atoms with Crippen molar-refractivity contribution in [2.45, 2.75) is 13.5 Å². The van der Waals surface area contributed by atoms with Gasteiger partial charge in [0.2, 0.25) is 0 Å². The highest BCUT2D eigenvalue weighted by Gasteiger charge is 2.27. The number of rotatable bonds is 3. The Morgan fingerprint density at radius 1 is 1.47 bits per heavy atom. The summed E-state index contributed by atoms with van der Waals surface area (Å²) in [6, 6.07) is 7.59. The van der Waals surface area contributed by atoms with Crippen LogP contribution in [-0.4, -0.2) is 23.6 Å². The fourth-order valence-corrected chi connectivity index (χ4v) is 1.85. The maximum atomic E-state index is 11.9.